The van der Waals surface area contributed by atoms with E-state index in [1.165, 1.54) is 21.7 Å². The molecule has 1 amide bonds. The summed E-state index contributed by atoms with van der Waals surface area (Å²) in [5, 5.41) is 4.30. The molecule has 4 heterocycles. The lowest BCUT2D eigenvalue weighted by Crippen LogP contribution is -2.46. The van der Waals surface area contributed by atoms with E-state index < -0.39 is 17.9 Å². The first-order chi connectivity index (χ1) is 14.7. The quantitative estimate of drug-likeness (QED) is 0.393. The van der Waals surface area contributed by atoms with E-state index in [-0.39, 0.29) is 18.1 Å². The molecule has 0 saturated carbocycles. The average Bonchev–Trinajstić information content (AvgIpc) is 3.35. The van der Waals surface area contributed by atoms with Crippen molar-refractivity contribution in [3.63, 3.8) is 0 Å². The van der Waals surface area contributed by atoms with Gasteiger partial charge in [0, 0.05) is 23.0 Å². The summed E-state index contributed by atoms with van der Waals surface area (Å²) in [6.45, 7) is 0.0940. The largest absolute Gasteiger partial charge is 0.416 e. The van der Waals surface area contributed by atoms with Crippen LogP contribution < -0.4 is 10.6 Å². The number of hydrogen-bond donors (Lipinski definition) is 1. The third-order valence-corrected chi connectivity index (χ3v) is 6.00. The van der Waals surface area contributed by atoms with Crippen LogP contribution in [0.25, 0.3) is 16.8 Å². The Hall–Kier alpha value is -2.93. The zero-order chi connectivity index (χ0) is 21.9. The van der Waals surface area contributed by atoms with Crippen molar-refractivity contribution < 1.29 is 18.0 Å². The summed E-state index contributed by atoms with van der Waals surface area (Å²) in [6, 6.07) is 8.14. The lowest BCUT2D eigenvalue weighted by atomic mass is 10.1. The van der Waals surface area contributed by atoms with Crippen LogP contribution in [0.2, 0.25) is 0 Å². The fraction of sp³-hybridized carbons (Fsp3) is 0.150. The summed E-state index contributed by atoms with van der Waals surface area (Å²) in [5.74, 6) is -0.380. The number of hydrogen-bond acceptors (Lipinski definition) is 4. The highest BCUT2D eigenvalue weighted by Crippen LogP contribution is 2.34. The Morgan fingerprint density at radius 2 is 1.84 bits per heavy atom. The molecule has 1 aliphatic heterocycles. The first kappa shape index (κ1) is 20.0. The van der Waals surface area contributed by atoms with Gasteiger partial charge in [0.1, 0.15) is 21.2 Å². The number of pyridine rings is 1. The first-order valence-electron chi connectivity index (χ1n) is 9.19. The third-order valence-electron chi connectivity index (χ3n) is 5.20. The minimum Gasteiger partial charge on any atom is -0.308 e. The summed E-state index contributed by atoms with van der Waals surface area (Å²) in [5.41, 5.74) is 8.18. The number of amides is 1. The van der Waals surface area contributed by atoms with E-state index in [2.05, 4.69) is 32.7 Å². The van der Waals surface area contributed by atoms with Gasteiger partial charge in [-0.3, -0.25) is 9.20 Å². The van der Waals surface area contributed by atoms with Gasteiger partial charge in [-0.15, -0.1) is 0 Å². The topological polar surface area (TPSA) is 81.4 Å². The molecule has 2 N–H and O–H groups in total. The van der Waals surface area contributed by atoms with Crippen LogP contribution in [-0.4, -0.2) is 31.6 Å². The van der Waals surface area contributed by atoms with Crippen molar-refractivity contribution in [3.8, 4) is 11.1 Å². The molecule has 31 heavy (non-hydrogen) atoms. The molecule has 0 spiro atoms. The molecule has 158 valence electrons. The number of imidazole rings is 1. The summed E-state index contributed by atoms with van der Waals surface area (Å²) < 4.78 is 42.9. The number of alkyl halides is 3. The lowest BCUT2D eigenvalue weighted by Gasteiger charge is -2.32. The molecule has 1 aromatic carbocycles. The van der Waals surface area contributed by atoms with E-state index in [0.29, 0.717) is 11.3 Å². The Bertz CT molecular complexity index is 1310. The Kier molecular flexibility index (Phi) is 4.55. The zero-order valence-electron chi connectivity index (χ0n) is 15.7. The second-order valence-electron chi connectivity index (χ2n) is 7.11. The summed E-state index contributed by atoms with van der Waals surface area (Å²) in [4.78, 5) is 19.0. The van der Waals surface area contributed by atoms with Crippen molar-refractivity contribution in [1.29, 1.82) is 0 Å². The van der Waals surface area contributed by atoms with Gasteiger partial charge in [-0.05, 0) is 59.0 Å². The Labute approximate surface area is 187 Å². The van der Waals surface area contributed by atoms with Crippen LogP contribution in [-0.2, 0) is 6.18 Å². The van der Waals surface area contributed by atoms with Crippen LogP contribution >= 0.6 is 22.6 Å². The molecule has 0 unspecified atom stereocenters. The number of halogens is 4. The van der Waals surface area contributed by atoms with Gasteiger partial charge in [-0.1, -0.05) is 0 Å². The molecular weight excluding hydrogens is 524 g/mol. The van der Waals surface area contributed by atoms with E-state index in [4.69, 9.17) is 5.73 Å². The molecule has 0 bridgehead atoms. The third kappa shape index (κ3) is 3.28. The van der Waals surface area contributed by atoms with Gasteiger partial charge in [0.25, 0.3) is 5.91 Å². The highest BCUT2D eigenvalue weighted by molar-refractivity contribution is 14.1. The number of anilines is 1. The number of fused-ring (bicyclic) bond motifs is 2. The summed E-state index contributed by atoms with van der Waals surface area (Å²) >= 11 is 2.16. The van der Waals surface area contributed by atoms with Gasteiger partial charge in [0.05, 0.1) is 24.5 Å². The normalized spacial score (nSPS) is 16.7. The fourth-order valence-corrected chi connectivity index (χ4v) is 4.20. The molecule has 0 fully saturated rings. The predicted molar refractivity (Wildman–Crippen MR) is 115 cm³/mol. The van der Waals surface area contributed by atoms with Crippen LogP contribution in [0, 0.1) is 3.70 Å². The number of rotatable bonds is 2. The van der Waals surface area contributed by atoms with Gasteiger partial charge < -0.3 is 10.6 Å². The minimum atomic E-state index is -4.45. The van der Waals surface area contributed by atoms with Crippen LogP contribution in [0.15, 0.2) is 55.0 Å². The fourth-order valence-electron chi connectivity index (χ4n) is 3.68. The van der Waals surface area contributed by atoms with Crippen LogP contribution in [0.4, 0.5) is 18.9 Å². The highest BCUT2D eigenvalue weighted by atomic mass is 127. The molecule has 0 saturated heterocycles. The molecule has 1 aliphatic rings. The molecule has 0 radical (unpaired) electrons. The summed E-state index contributed by atoms with van der Waals surface area (Å²) in [7, 11) is 0. The number of aromatic nitrogens is 4. The Balaban J connectivity index is 1.57. The van der Waals surface area contributed by atoms with Crippen LogP contribution in [0.5, 0.6) is 0 Å². The molecule has 7 nitrogen and oxygen atoms in total. The van der Waals surface area contributed by atoms with Crippen LogP contribution in [0.3, 0.4) is 0 Å². The van der Waals surface area contributed by atoms with E-state index >= 15 is 0 Å². The lowest BCUT2D eigenvalue weighted by molar-refractivity contribution is -0.137. The number of benzene rings is 1. The second kappa shape index (κ2) is 7.05. The van der Waals surface area contributed by atoms with E-state index in [1.54, 1.807) is 12.4 Å². The van der Waals surface area contributed by atoms with E-state index in [9.17, 15) is 18.0 Å². The standard InChI is InChI=1S/C20H14F3IN6O/c21-20(22,23)12-2-4-13(5-3-12)28-10-16(25)30-18(19(28)31)14(7-27-30)11-1-6-17-26-8-15(24)29(17)9-11/h1-9,16H,10,25H2/t16-/m1/s1. The smallest absolute Gasteiger partial charge is 0.308 e. The van der Waals surface area contributed by atoms with Crippen molar-refractivity contribution in [2.75, 3.05) is 11.4 Å². The van der Waals surface area contributed by atoms with E-state index in [0.717, 1.165) is 27.0 Å². The van der Waals surface area contributed by atoms with Gasteiger partial charge in [0.2, 0.25) is 0 Å². The monoisotopic (exact) mass is 538 g/mol. The number of nitrogens with two attached hydrogens (primary N) is 1. The molecule has 0 aliphatic carbocycles. The van der Waals surface area contributed by atoms with Gasteiger partial charge >= 0.3 is 6.18 Å². The van der Waals surface area contributed by atoms with Crippen molar-refractivity contribution in [3.05, 3.63) is 69.9 Å². The number of carbonyl (C=O) groups excluding carboxylic acids is 1. The number of carbonyl (C=O) groups is 1. The maximum atomic E-state index is 13.3. The van der Waals surface area contributed by atoms with E-state index in [1.807, 2.05) is 22.7 Å². The molecule has 5 rings (SSSR count). The Morgan fingerprint density at radius 1 is 1.10 bits per heavy atom. The maximum Gasteiger partial charge on any atom is 0.416 e. The second-order valence-corrected chi connectivity index (χ2v) is 8.21. The molecule has 11 heteroatoms. The van der Waals surface area contributed by atoms with Crippen molar-refractivity contribution in [1.82, 2.24) is 19.2 Å². The predicted octanol–water partition coefficient (Wildman–Crippen LogP) is 3.94. The summed E-state index contributed by atoms with van der Waals surface area (Å²) in [6.07, 6.45) is 0.0869. The zero-order valence-corrected chi connectivity index (χ0v) is 17.9. The molecule has 4 aromatic rings. The molecule has 1 atom stereocenters. The average molecular weight is 538 g/mol. The van der Waals surface area contributed by atoms with Crippen LogP contribution in [0.1, 0.15) is 22.2 Å². The number of nitrogens with zero attached hydrogens (tertiary/aromatic N) is 5. The first-order valence-corrected chi connectivity index (χ1v) is 10.3. The Morgan fingerprint density at radius 3 is 2.55 bits per heavy atom. The van der Waals surface area contributed by atoms with Crippen molar-refractivity contribution in [2.24, 2.45) is 5.73 Å². The molecular formula is C20H14F3IN6O. The van der Waals surface area contributed by atoms with Crippen molar-refractivity contribution >= 4 is 39.8 Å². The van der Waals surface area contributed by atoms with Gasteiger partial charge in [-0.2, -0.15) is 18.3 Å². The maximum absolute atomic E-state index is 13.3. The van der Waals surface area contributed by atoms with Gasteiger partial charge in [-0.25, -0.2) is 9.67 Å². The SMILES string of the molecule is N[C@H]1CN(c2ccc(C(F)(F)F)cc2)C(=O)c2c(-c3ccc4ncc(I)n4c3)cnn21. The minimum absolute atomic E-state index is 0.0940. The van der Waals surface area contributed by atoms with Crippen molar-refractivity contribution in [2.45, 2.75) is 12.3 Å². The van der Waals surface area contributed by atoms with Gasteiger partial charge in [0.15, 0.2) is 0 Å². The molecule has 3 aromatic heterocycles. The highest BCUT2D eigenvalue weighted by Gasteiger charge is 2.35.